The molecule has 0 saturated heterocycles. The van der Waals surface area contributed by atoms with Crippen molar-refractivity contribution >= 4 is 16.9 Å². The topological polar surface area (TPSA) is 70.3 Å². The largest absolute Gasteiger partial charge is 0.550 e. The summed E-state index contributed by atoms with van der Waals surface area (Å²) in [6.45, 7) is 0.972. The van der Waals surface area contributed by atoms with Crippen LogP contribution in [0.4, 0.5) is 0 Å². The molecule has 0 unspecified atom stereocenters. The number of carbonyl (C=O) groups excluding carboxylic acids is 1. The van der Waals surface area contributed by atoms with E-state index >= 15 is 0 Å². The van der Waals surface area contributed by atoms with Crippen molar-refractivity contribution in [2.75, 3.05) is 0 Å². The Balaban J connectivity index is 0.000000245. The molecule has 78 valence electrons. The molecule has 0 N–H and O–H groups in total. The van der Waals surface area contributed by atoms with Crippen LogP contribution in [0.5, 0.6) is 0 Å². The van der Waals surface area contributed by atoms with Gasteiger partial charge in [-0.05, 0) is 19.1 Å². The zero-order valence-electron chi connectivity index (χ0n) is 8.10. The quantitative estimate of drug-likeness (QED) is 0.589. The van der Waals surface area contributed by atoms with E-state index in [0.717, 1.165) is 12.3 Å². The summed E-state index contributed by atoms with van der Waals surface area (Å²) in [6.07, 6.45) is 0. The number of para-hydroxylation sites is 1. The van der Waals surface area contributed by atoms with E-state index < -0.39 is 5.97 Å². The van der Waals surface area contributed by atoms with E-state index in [1.165, 1.54) is 6.07 Å². The second-order valence-corrected chi connectivity index (χ2v) is 2.78. The lowest BCUT2D eigenvalue weighted by atomic mass is 10.2. The first kappa shape index (κ1) is 11.0. The lowest BCUT2D eigenvalue weighted by Gasteiger charge is -1.91. The van der Waals surface area contributed by atoms with Crippen LogP contribution >= 0.6 is 0 Å². The molecule has 15 heavy (non-hydrogen) atoms. The summed E-state index contributed by atoms with van der Waals surface area (Å²) < 4.78 is 4.91. The molecule has 0 bridgehead atoms. The normalized spacial score (nSPS) is 9.13. The summed E-state index contributed by atoms with van der Waals surface area (Å²) in [6, 6.07) is 10.6. The fraction of sp³-hybridized carbons (Fsp3) is 0.0909. The van der Waals surface area contributed by atoms with E-state index in [0.29, 0.717) is 5.58 Å². The van der Waals surface area contributed by atoms with Crippen molar-refractivity contribution in [1.82, 2.24) is 0 Å². The Morgan fingerprint density at radius 2 is 1.80 bits per heavy atom. The molecule has 0 atom stereocenters. The van der Waals surface area contributed by atoms with Crippen molar-refractivity contribution in [3.8, 4) is 0 Å². The Bertz CT molecular complexity index is 509. The fourth-order valence-corrected chi connectivity index (χ4v) is 1.01. The van der Waals surface area contributed by atoms with Crippen LogP contribution in [-0.2, 0) is 4.79 Å². The van der Waals surface area contributed by atoms with E-state index in [2.05, 4.69) is 0 Å². The zero-order chi connectivity index (χ0) is 11.3. The van der Waals surface area contributed by atoms with Gasteiger partial charge in [0, 0.05) is 17.4 Å². The average molecular weight is 205 g/mol. The molecular weight excluding hydrogens is 196 g/mol. The molecular formula is C11H9O4-. The minimum Gasteiger partial charge on any atom is -0.550 e. The number of carboxylic acids is 1. The molecule has 0 radical (unpaired) electrons. The third-order valence-electron chi connectivity index (χ3n) is 1.53. The monoisotopic (exact) mass is 205 g/mol. The first-order valence-corrected chi connectivity index (χ1v) is 4.26. The van der Waals surface area contributed by atoms with Gasteiger partial charge in [0.05, 0.1) is 0 Å². The minimum atomic E-state index is -1.08. The molecule has 1 heterocycles. The Labute approximate surface area is 85.8 Å². The molecule has 0 fully saturated rings. The molecule has 1 aromatic heterocycles. The number of fused-ring (bicyclic) bond motifs is 1. The van der Waals surface area contributed by atoms with Gasteiger partial charge in [-0.15, -0.1) is 0 Å². The Kier molecular flexibility index (Phi) is 3.62. The number of benzene rings is 1. The molecule has 2 rings (SSSR count). The van der Waals surface area contributed by atoms with E-state index in [-0.39, 0.29) is 5.63 Å². The van der Waals surface area contributed by atoms with Gasteiger partial charge in [-0.3, -0.25) is 0 Å². The maximum Gasteiger partial charge on any atom is 0.336 e. The Morgan fingerprint density at radius 1 is 1.20 bits per heavy atom. The number of carboxylic acid groups (broad SMARTS) is 1. The van der Waals surface area contributed by atoms with Gasteiger partial charge >= 0.3 is 5.63 Å². The highest BCUT2D eigenvalue weighted by Crippen LogP contribution is 2.08. The lowest BCUT2D eigenvalue weighted by molar-refractivity contribution is -0.302. The lowest BCUT2D eigenvalue weighted by Crippen LogP contribution is -2.16. The maximum atomic E-state index is 10.7. The molecule has 4 nitrogen and oxygen atoms in total. The van der Waals surface area contributed by atoms with E-state index in [9.17, 15) is 4.79 Å². The summed E-state index contributed by atoms with van der Waals surface area (Å²) >= 11 is 0. The standard InChI is InChI=1S/C9H6O2.C2H4O2/c10-9-6-5-7-3-1-2-4-8(7)11-9;1-2(3)4/h1-6H;1H3,(H,3,4)/p-1. The molecule has 2 aromatic rings. The second-order valence-electron chi connectivity index (χ2n) is 2.78. The van der Waals surface area contributed by atoms with Crippen LogP contribution in [0.1, 0.15) is 6.92 Å². The number of aliphatic carboxylic acids is 1. The van der Waals surface area contributed by atoms with Gasteiger partial charge in [0.1, 0.15) is 5.58 Å². The average Bonchev–Trinajstić information content (AvgIpc) is 2.16. The predicted molar refractivity (Wildman–Crippen MR) is 53.2 cm³/mol. The molecule has 4 heteroatoms. The van der Waals surface area contributed by atoms with Crippen LogP contribution in [0.2, 0.25) is 0 Å². The predicted octanol–water partition coefficient (Wildman–Crippen LogP) is 0.549. The Morgan fingerprint density at radius 3 is 2.47 bits per heavy atom. The van der Waals surface area contributed by atoms with E-state index in [1.54, 1.807) is 12.1 Å². The highest BCUT2D eigenvalue weighted by molar-refractivity contribution is 5.75. The number of carbonyl (C=O) groups is 1. The third-order valence-corrected chi connectivity index (χ3v) is 1.53. The van der Waals surface area contributed by atoms with Crippen molar-refractivity contribution in [3.63, 3.8) is 0 Å². The van der Waals surface area contributed by atoms with Gasteiger partial charge < -0.3 is 14.3 Å². The van der Waals surface area contributed by atoms with Gasteiger partial charge in [-0.2, -0.15) is 0 Å². The summed E-state index contributed by atoms with van der Waals surface area (Å²) in [5, 5.41) is 9.84. The molecule has 0 aliphatic carbocycles. The number of hydrogen-bond acceptors (Lipinski definition) is 4. The van der Waals surface area contributed by atoms with Crippen molar-refractivity contribution < 1.29 is 14.3 Å². The van der Waals surface area contributed by atoms with E-state index in [1.807, 2.05) is 18.2 Å². The smallest absolute Gasteiger partial charge is 0.336 e. The van der Waals surface area contributed by atoms with E-state index in [4.69, 9.17) is 14.3 Å². The molecule has 0 amide bonds. The van der Waals surface area contributed by atoms with Crippen LogP contribution in [0.3, 0.4) is 0 Å². The van der Waals surface area contributed by atoms with Gasteiger partial charge in [0.15, 0.2) is 0 Å². The van der Waals surface area contributed by atoms with Crippen molar-refractivity contribution in [2.45, 2.75) is 6.92 Å². The molecule has 0 aliphatic heterocycles. The highest BCUT2D eigenvalue weighted by atomic mass is 16.4. The fourth-order valence-electron chi connectivity index (χ4n) is 1.01. The minimum absolute atomic E-state index is 0.302. The SMILES string of the molecule is CC(=O)[O-].O=c1ccc2ccccc2o1. The van der Waals surface area contributed by atoms with Crippen molar-refractivity contribution in [1.29, 1.82) is 0 Å². The zero-order valence-corrected chi connectivity index (χ0v) is 8.10. The van der Waals surface area contributed by atoms with Crippen molar-refractivity contribution in [3.05, 3.63) is 46.8 Å². The van der Waals surface area contributed by atoms with Crippen LogP contribution < -0.4 is 10.7 Å². The molecule has 0 saturated carbocycles. The first-order chi connectivity index (χ1) is 7.09. The van der Waals surface area contributed by atoms with Gasteiger partial charge in [0.25, 0.3) is 0 Å². The molecule has 0 aliphatic rings. The summed E-state index contributed by atoms with van der Waals surface area (Å²) in [7, 11) is 0. The number of hydrogen-bond donors (Lipinski definition) is 0. The second kappa shape index (κ2) is 4.95. The highest BCUT2D eigenvalue weighted by Gasteiger charge is 1.92. The molecule has 1 aromatic carbocycles. The van der Waals surface area contributed by atoms with Crippen molar-refractivity contribution in [2.24, 2.45) is 0 Å². The molecule has 0 spiro atoms. The van der Waals surface area contributed by atoms with Gasteiger partial charge in [-0.1, -0.05) is 18.2 Å². The third kappa shape index (κ3) is 3.64. The van der Waals surface area contributed by atoms with Crippen LogP contribution in [-0.4, -0.2) is 5.97 Å². The summed E-state index contributed by atoms with van der Waals surface area (Å²) in [5.41, 5.74) is 0.337. The van der Waals surface area contributed by atoms with Crippen LogP contribution in [0.25, 0.3) is 11.0 Å². The van der Waals surface area contributed by atoms with Gasteiger partial charge in [-0.25, -0.2) is 4.79 Å². The summed E-state index contributed by atoms with van der Waals surface area (Å²) in [4.78, 5) is 19.6. The Hall–Kier alpha value is -2.10. The van der Waals surface area contributed by atoms with Crippen LogP contribution in [0.15, 0.2) is 45.6 Å². The maximum absolute atomic E-state index is 10.7. The number of rotatable bonds is 0. The summed E-state index contributed by atoms with van der Waals surface area (Å²) in [5.74, 6) is -1.08. The van der Waals surface area contributed by atoms with Gasteiger partial charge in [0.2, 0.25) is 0 Å². The first-order valence-electron chi connectivity index (χ1n) is 4.26. The van der Waals surface area contributed by atoms with Crippen LogP contribution in [0, 0.1) is 0 Å².